The third kappa shape index (κ3) is 2.95. The Kier molecular flexibility index (Phi) is 4.19. The Labute approximate surface area is 154 Å². The van der Waals surface area contributed by atoms with Gasteiger partial charge in [-0.1, -0.05) is 60.1 Å². The fourth-order valence-corrected chi connectivity index (χ4v) is 3.29. The molecule has 0 amide bonds. The van der Waals surface area contributed by atoms with Gasteiger partial charge in [-0.3, -0.25) is 14.2 Å². The van der Waals surface area contributed by atoms with Crippen molar-refractivity contribution in [2.45, 2.75) is 6.54 Å². The predicted molar refractivity (Wildman–Crippen MR) is 104 cm³/mol. The molecular weight excluding hydrogens is 348 g/mol. The first-order chi connectivity index (χ1) is 12.6. The molecule has 0 spiro atoms. The summed E-state index contributed by atoms with van der Waals surface area (Å²) in [7, 11) is 0. The summed E-state index contributed by atoms with van der Waals surface area (Å²) in [4.78, 5) is 25.3. The van der Waals surface area contributed by atoms with E-state index < -0.39 is 11.1 Å². The quantitative estimate of drug-likeness (QED) is 0.519. The highest BCUT2D eigenvalue weighted by Crippen LogP contribution is 2.20. The Hall–Kier alpha value is -3.11. The molecule has 0 saturated heterocycles. The van der Waals surface area contributed by atoms with Gasteiger partial charge >= 0.3 is 11.1 Å². The number of hydrogen-bond donors (Lipinski definition) is 0. The highest BCUT2D eigenvalue weighted by molar-refractivity contribution is 6.30. The maximum atomic E-state index is 12.7. The monoisotopic (exact) mass is 362 g/mol. The van der Waals surface area contributed by atoms with Crippen molar-refractivity contribution in [2.75, 3.05) is 0 Å². The van der Waals surface area contributed by atoms with Crippen LogP contribution in [-0.4, -0.2) is 9.13 Å². The van der Waals surface area contributed by atoms with Crippen molar-refractivity contribution in [1.82, 2.24) is 9.13 Å². The molecule has 3 aromatic carbocycles. The van der Waals surface area contributed by atoms with E-state index in [1.165, 1.54) is 9.13 Å². The van der Waals surface area contributed by atoms with Crippen molar-refractivity contribution in [1.29, 1.82) is 0 Å². The van der Waals surface area contributed by atoms with E-state index in [4.69, 9.17) is 11.6 Å². The number of rotatable bonds is 3. The van der Waals surface area contributed by atoms with E-state index in [-0.39, 0.29) is 0 Å². The molecule has 0 radical (unpaired) electrons. The van der Waals surface area contributed by atoms with Crippen molar-refractivity contribution >= 4 is 22.4 Å². The lowest BCUT2D eigenvalue weighted by Crippen LogP contribution is -2.40. The third-order valence-electron chi connectivity index (χ3n) is 4.33. The molecule has 1 heterocycles. The number of fused-ring (bicyclic) bond motifs is 1. The smallest absolute Gasteiger partial charge is 0.305 e. The topological polar surface area (TPSA) is 44.0 Å². The Morgan fingerprint density at radius 2 is 1.58 bits per heavy atom. The van der Waals surface area contributed by atoms with Crippen LogP contribution in [0.4, 0.5) is 0 Å². The summed E-state index contributed by atoms with van der Waals surface area (Å²) in [6.45, 7) is 0.297. The van der Waals surface area contributed by atoms with Crippen molar-refractivity contribution in [2.24, 2.45) is 0 Å². The van der Waals surface area contributed by atoms with Crippen LogP contribution in [0.5, 0.6) is 0 Å². The highest BCUT2D eigenvalue weighted by Gasteiger charge is 2.09. The lowest BCUT2D eigenvalue weighted by Gasteiger charge is -2.11. The van der Waals surface area contributed by atoms with Gasteiger partial charge in [0.05, 0.1) is 12.2 Å². The van der Waals surface area contributed by atoms with Crippen LogP contribution < -0.4 is 11.1 Å². The maximum absolute atomic E-state index is 12.7. The zero-order chi connectivity index (χ0) is 18.1. The van der Waals surface area contributed by atoms with Crippen LogP contribution in [0, 0.1) is 0 Å². The van der Waals surface area contributed by atoms with Gasteiger partial charge in [-0.15, -0.1) is 0 Å². The van der Waals surface area contributed by atoms with Gasteiger partial charge in [-0.2, -0.15) is 0 Å². The summed E-state index contributed by atoms with van der Waals surface area (Å²) in [5.74, 6) is 0. The standard InChI is InChI=1S/C21H15ClN2O2/c22-17-8-3-5-15(13-17)14-23-11-12-24(21(26)20(23)25)19-10-4-7-16-6-1-2-9-18(16)19/h1-13H,14H2. The van der Waals surface area contributed by atoms with Crippen molar-refractivity contribution < 1.29 is 0 Å². The molecule has 4 nitrogen and oxygen atoms in total. The zero-order valence-corrected chi connectivity index (χ0v) is 14.6. The van der Waals surface area contributed by atoms with E-state index >= 15 is 0 Å². The molecule has 5 heteroatoms. The van der Waals surface area contributed by atoms with Crippen molar-refractivity contribution in [3.63, 3.8) is 0 Å². The van der Waals surface area contributed by atoms with E-state index in [2.05, 4.69) is 0 Å². The molecule has 0 saturated carbocycles. The molecule has 4 aromatic rings. The second kappa shape index (κ2) is 6.65. The second-order valence-corrected chi connectivity index (χ2v) is 6.47. The number of nitrogens with zero attached hydrogens (tertiary/aromatic N) is 2. The Balaban J connectivity index is 1.82. The first-order valence-electron chi connectivity index (χ1n) is 8.18. The molecule has 0 fully saturated rings. The summed E-state index contributed by atoms with van der Waals surface area (Å²) in [6, 6.07) is 20.7. The number of halogens is 1. The van der Waals surface area contributed by atoms with E-state index in [1.807, 2.05) is 54.6 Å². The van der Waals surface area contributed by atoms with Gasteiger partial charge in [0.1, 0.15) is 0 Å². The van der Waals surface area contributed by atoms with Crippen LogP contribution in [0.15, 0.2) is 88.7 Å². The summed E-state index contributed by atoms with van der Waals surface area (Å²) < 4.78 is 2.80. The second-order valence-electron chi connectivity index (χ2n) is 6.03. The van der Waals surface area contributed by atoms with Gasteiger partial charge in [-0.25, -0.2) is 0 Å². The van der Waals surface area contributed by atoms with Gasteiger partial charge in [0.2, 0.25) is 0 Å². The fourth-order valence-electron chi connectivity index (χ4n) is 3.07. The van der Waals surface area contributed by atoms with E-state index in [0.717, 1.165) is 16.3 Å². The first-order valence-corrected chi connectivity index (χ1v) is 8.56. The molecule has 0 bridgehead atoms. The zero-order valence-electron chi connectivity index (χ0n) is 13.8. The van der Waals surface area contributed by atoms with Gasteiger partial charge in [0.25, 0.3) is 0 Å². The lowest BCUT2D eigenvalue weighted by atomic mass is 10.1. The van der Waals surface area contributed by atoms with Crippen molar-refractivity contribution in [3.05, 3.63) is 110 Å². The minimum absolute atomic E-state index is 0.297. The molecule has 0 atom stereocenters. The van der Waals surface area contributed by atoms with Crippen LogP contribution in [0.3, 0.4) is 0 Å². The molecule has 26 heavy (non-hydrogen) atoms. The molecule has 0 unspecified atom stereocenters. The number of hydrogen-bond acceptors (Lipinski definition) is 2. The van der Waals surface area contributed by atoms with Gasteiger partial charge in [0, 0.05) is 22.8 Å². The van der Waals surface area contributed by atoms with Gasteiger partial charge in [-0.05, 0) is 29.1 Å². The first kappa shape index (κ1) is 16.4. The molecular formula is C21H15ClN2O2. The fraction of sp³-hybridized carbons (Fsp3) is 0.0476. The molecule has 0 N–H and O–H groups in total. The molecule has 0 aliphatic carbocycles. The van der Waals surface area contributed by atoms with E-state index in [1.54, 1.807) is 24.5 Å². The van der Waals surface area contributed by atoms with Crippen LogP contribution in [0.2, 0.25) is 5.02 Å². The SMILES string of the molecule is O=c1c(=O)n(-c2cccc3ccccc23)ccn1Cc1cccc(Cl)c1. The summed E-state index contributed by atoms with van der Waals surface area (Å²) in [5.41, 5.74) is 0.410. The number of benzene rings is 3. The van der Waals surface area contributed by atoms with Crippen LogP contribution in [0.25, 0.3) is 16.5 Å². The summed E-state index contributed by atoms with van der Waals surface area (Å²) in [5, 5.41) is 2.53. The van der Waals surface area contributed by atoms with Gasteiger partial charge < -0.3 is 4.57 Å². The van der Waals surface area contributed by atoms with E-state index in [9.17, 15) is 9.59 Å². The molecule has 128 valence electrons. The molecule has 1 aromatic heterocycles. The third-order valence-corrected chi connectivity index (χ3v) is 4.56. The Morgan fingerprint density at radius 3 is 2.42 bits per heavy atom. The van der Waals surface area contributed by atoms with E-state index in [0.29, 0.717) is 17.3 Å². The minimum atomic E-state index is -0.578. The molecule has 4 rings (SSSR count). The average molecular weight is 363 g/mol. The molecule has 0 aliphatic rings. The highest BCUT2D eigenvalue weighted by atomic mass is 35.5. The van der Waals surface area contributed by atoms with Gasteiger partial charge in [0.15, 0.2) is 0 Å². The van der Waals surface area contributed by atoms with Crippen LogP contribution in [0.1, 0.15) is 5.56 Å². The predicted octanol–water partition coefficient (Wildman–Crippen LogP) is 3.85. The Bertz CT molecular complexity index is 1220. The normalized spacial score (nSPS) is 11.0. The maximum Gasteiger partial charge on any atom is 0.321 e. The van der Waals surface area contributed by atoms with Crippen LogP contribution in [-0.2, 0) is 6.54 Å². The lowest BCUT2D eigenvalue weighted by molar-refractivity contribution is 0.719. The van der Waals surface area contributed by atoms with Crippen LogP contribution >= 0.6 is 11.6 Å². The largest absolute Gasteiger partial charge is 0.321 e. The average Bonchev–Trinajstić information content (AvgIpc) is 2.65. The summed E-state index contributed by atoms with van der Waals surface area (Å²) in [6.07, 6.45) is 3.27. The Morgan fingerprint density at radius 1 is 0.808 bits per heavy atom. The summed E-state index contributed by atoms with van der Waals surface area (Å²) >= 11 is 5.99. The number of aromatic nitrogens is 2. The molecule has 0 aliphatic heterocycles. The van der Waals surface area contributed by atoms with Crippen molar-refractivity contribution in [3.8, 4) is 5.69 Å². The minimum Gasteiger partial charge on any atom is -0.305 e.